The van der Waals surface area contributed by atoms with Gasteiger partial charge in [-0.25, -0.2) is 9.97 Å². The lowest BCUT2D eigenvalue weighted by atomic mass is 10.0. The molecule has 130 valence electrons. The number of nitrogens with zero attached hydrogens (tertiary/aromatic N) is 4. The molecule has 3 aromatic rings. The molecule has 1 unspecified atom stereocenters. The van der Waals surface area contributed by atoms with Crippen molar-refractivity contribution in [2.45, 2.75) is 31.8 Å². The third kappa shape index (κ3) is 3.24. The summed E-state index contributed by atoms with van der Waals surface area (Å²) in [5, 5.41) is 3.78. The minimum Gasteiger partial charge on any atom is -0.357 e. The van der Waals surface area contributed by atoms with E-state index in [1.54, 1.807) is 0 Å². The topological polar surface area (TPSA) is 46.0 Å². The number of aromatic nitrogens is 3. The van der Waals surface area contributed by atoms with Gasteiger partial charge in [0.25, 0.3) is 0 Å². The molecule has 2 aromatic heterocycles. The fraction of sp³-hybridized carbons (Fsp3) is 0.400. The lowest BCUT2D eigenvalue weighted by Gasteiger charge is -2.34. The summed E-state index contributed by atoms with van der Waals surface area (Å²) in [4.78, 5) is 11.7. The molecule has 0 radical (unpaired) electrons. The quantitative estimate of drug-likeness (QED) is 0.795. The Morgan fingerprint density at radius 2 is 1.84 bits per heavy atom. The number of hydrogen-bond donors (Lipinski definition) is 1. The van der Waals surface area contributed by atoms with Gasteiger partial charge < -0.3 is 14.8 Å². The summed E-state index contributed by atoms with van der Waals surface area (Å²) >= 11 is 0. The molecule has 1 aromatic carbocycles. The van der Waals surface area contributed by atoms with Crippen molar-refractivity contribution in [1.29, 1.82) is 0 Å². The normalized spacial score (nSPS) is 17.1. The lowest BCUT2D eigenvalue weighted by molar-refractivity contribution is 0.370. The second kappa shape index (κ2) is 6.84. The van der Waals surface area contributed by atoms with Crippen molar-refractivity contribution in [3.05, 3.63) is 54.5 Å². The molecule has 1 saturated heterocycles. The van der Waals surface area contributed by atoms with Crippen LogP contribution in [0, 0.1) is 0 Å². The monoisotopic (exact) mass is 335 g/mol. The van der Waals surface area contributed by atoms with Crippen LogP contribution in [-0.4, -0.2) is 33.7 Å². The Balaban J connectivity index is 1.40. The summed E-state index contributed by atoms with van der Waals surface area (Å²) in [5.74, 6) is 2.19. The van der Waals surface area contributed by atoms with E-state index in [2.05, 4.69) is 64.1 Å². The number of imidazole rings is 1. The number of rotatable bonds is 4. The van der Waals surface area contributed by atoms with Crippen LogP contribution >= 0.6 is 0 Å². The van der Waals surface area contributed by atoms with Gasteiger partial charge in [0.2, 0.25) is 0 Å². The van der Waals surface area contributed by atoms with Crippen molar-refractivity contribution in [3.63, 3.8) is 0 Å². The van der Waals surface area contributed by atoms with Crippen molar-refractivity contribution in [2.24, 2.45) is 7.05 Å². The fourth-order valence-corrected chi connectivity index (χ4v) is 3.80. The second-order valence-corrected chi connectivity index (χ2v) is 6.86. The molecule has 1 aliphatic rings. The molecular formula is C20H25N5. The van der Waals surface area contributed by atoms with Crippen molar-refractivity contribution in [3.8, 4) is 0 Å². The van der Waals surface area contributed by atoms with Gasteiger partial charge >= 0.3 is 0 Å². The third-order valence-corrected chi connectivity index (χ3v) is 5.16. The predicted molar refractivity (Wildman–Crippen MR) is 102 cm³/mol. The first-order chi connectivity index (χ1) is 12.2. The van der Waals surface area contributed by atoms with E-state index in [0.717, 1.165) is 43.1 Å². The molecule has 0 bridgehead atoms. The molecule has 0 aliphatic carbocycles. The second-order valence-electron chi connectivity index (χ2n) is 6.86. The van der Waals surface area contributed by atoms with E-state index >= 15 is 0 Å². The Morgan fingerprint density at radius 1 is 1.08 bits per heavy atom. The van der Waals surface area contributed by atoms with Gasteiger partial charge in [-0.1, -0.05) is 18.2 Å². The van der Waals surface area contributed by atoms with Crippen LogP contribution in [0.5, 0.6) is 0 Å². The van der Waals surface area contributed by atoms with E-state index in [1.807, 2.05) is 18.3 Å². The largest absolute Gasteiger partial charge is 0.357 e. The zero-order valence-corrected chi connectivity index (χ0v) is 14.9. The number of aryl methyl sites for hydroxylation is 1. The molecule has 5 heteroatoms. The lowest BCUT2D eigenvalue weighted by Crippen LogP contribution is -2.43. The van der Waals surface area contributed by atoms with E-state index in [9.17, 15) is 0 Å². The predicted octanol–water partition coefficient (Wildman–Crippen LogP) is 3.29. The van der Waals surface area contributed by atoms with Crippen molar-refractivity contribution in [1.82, 2.24) is 19.9 Å². The van der Waals surface area contributed by atoms with Crippen molar-refractivity contribution >= 4 is 16.9 Å². The van der Waals surface area contributed by atoms with Gasteiger partial charge in [0.05, 0.1) is 17.1 Å². The van der Waals surface area contributed by atoms with Gasteiger partial charge in [-0.3, -0.25) is 0 Å². The number of anilines is 1. The molecule has 0 spiro atoms. The number of fused-ring (bicyclic) bond motifs is 1. The van der Waals surface area contributed by atoms with E-state index in [4.69, 9.17) is 4.98 Å². The van der Waals surface area contributed by atoms with Crippen LogP contribution in [0.25, 0.3) is 11.0 Å². The van der Waals surface area contributed by atoms with Crippen LogP contribution in [0.3, 0.4) is 0 Å². The van der Waals surface area contributed by atoms with Gasteiger partial charge in [-0.2, -0.15) is 0 Å². The summed E-state index contributed by atoms with van der Waals surface area (Å²) in [6, 6.07) is 15.2. The maximum Gasteiger partial charge on any atom is 0.128 e. The van der Waals surface area contributed by atoms with E-state index < -0.39 is 0 Å². The SMILES string of the molecule is CC(NC1CCN(c2ccccn2)CC1)c1nc2ccccc2n1C. The van der Waals surface area contributed by atoms with E-state index in [-0.39, 0.29) is 6.04 Å². The molecule has 0 amide bonds. The Labute approximate surface area is 148 Å². The minimum atomic E-state index is 0.240. The van der Waals surface area contributed by atoms with Crippen LogP contribution < -0.4 is 10.2 Å². The number of para-hydroxylation sites is 2. The van der Waals surface area contributed by atoms with Gasteiger partial charge in [-0.15, -0.1) is 0 Å². The Hall–Kier alpha value is -2.40. The average Bonchev–Trinajstić information content (AvgIpc) is 3.00. The summed E-state index contributed by atoms with van der Waals surface area (Å²) in [6.45, 7) is 4.31. The van der Waals surface area contributed by atoms with E-state index in [0.29, 0.717) is 6.04 Å². The summed E-state index contributed by atoms with van der Waals surface area (Å²) in [6.07, 6.45) is 4.13. The fourth-order valence-electron chi connectivity index (χ4n) is 3.80. The van der Waals surface area contributed by atoms with Gasteiger partial charge in [0.15, 0.2) is 0 Å². The third-order valence-electron chi connectivity index (χ3n) is 5.16. The van der Waals surface area contributed by atoms with Crippen LogP contribution in [0.4, 0.5) is 5.82 Å². The molecule has 1 fully saturated rings. The highest BCUT2D eigenvalue weighted by Gasteiger charge is 2.23. The zero-order valence-electron chi connectivity index (χ0n) is 14.9. The first kappa shape index (κ1) is 16.1. The first-order valence-corrected chi connectivity index (χ1v) is 9.06. The molecule has 1 aliphatic heterocycles. The summed E-state index contributed by atoms with van der Waals surface area (Å²) in [5.41, 5.74) is 2.26. The van der Waals surface area contributed by atoms with Crippen LogP contribution in [0.2, 0.25) is 0 Å². The first-order valence-electron chi connectivity index (χ1n) is 9.06. The number of piperidine rings is 1. The molecule has 25 heavy (non-hydrogen) atoms. The maximum atomic E-state index is 4.82. The molecule has 4 rings (SSSR count). The molecule has 1 N–H and O–H groups in total. The smallest absolute Gasteiger partial charge is 0.128 e. The highest BCUT2D eigenvalue weighted by atomic mass is 15.2. The number of hydrogen-bond acceptors (Lipinski definition) is 4. The Kier molecular flexibility index (Phi) is 4.40. The Bertz CT molecular complexity index is 834. The van der Waals surface area contributed by atoms with Crippen molar-refractivity contribution < 1.29 is 0 Å². The van der Waals surface area contributed by atoms with Gasteiger partial charge in [0, 0.05) is 32.4 Å². The zero-order chi connectivity index (χ0) is 17.2. The van der Waals surface area contributed by atoms with E-state index in [1.165, 1.54) is 5.52 Å². The highest BCUT2D eigenvalue weighted by molar-refractivity contribution is 5.75. The molecule has 5 nitrogen and oxygen atoms in total. The average molecular weight is 335 g/mol. The van der Waals surface area contributed by atoms with Gasteiger partial charge in [-0.05, 0) is 44.0 Å². The molecule has 0 saturated carbocycles. The van der Waals surface area contributed by atoms with Gasteiger partial charge in [0.1, 0.15) is 11.6 Å². The molecule has 1 atom stereocenters. The summed E-state index contributed by atoms with van der Waals surface area (Å²) in [7, 11) is 2.10. The van der Waals surface area contributed by atoms with Crippen LogP contribution in [0.1, 0.15) is 31.6 Å². The summed E-state index contributed by atoms with van der Waals surface area (Å²) < 4.78 is 2.20. The Morgan fingerprint density at radius 3 is 2.56 bits per heavy atom. The standard InChI is InChI=1S/C20H25N5/c1-15(20-23-17-7-3-4-8-18(17)24(20)2)22-16-10-13-25(14-11-16)19-9-5-6-12-21-19/h3-9,12,15-16,22H,10-11,13-14H2,1-2H3. The number of benzene rings is 1. The minimum absolute atomic E-state index is 0.240. The molecule has 3 heterocycles. The number of pyridine rings is 1. The van der Waals surface area contributed by atoms with Crippen LogP contribution in [-0.2, 0) is 7.05 Å². The number of nitrogens with one attached hydrogen (secondary N) is 1. The van der Waals surface area contributed by atoms with Crippen molar-refractivity contribution in [2.75, 3.05) is 18.0 Å². The highest BCUT2D eigenvalue weighted by Crippen LogP contribution is 2.22. The maximum absolute atomic E-state index is 4.82. The van der Waals surface area contributed by atoms with Crippen LogP contribution in [0.15, 0.2) is 48.7 Å². The molecular weight excluding hydrogens is 310 g/mol.